The molecule has 0 saturated heterocycles. The van der Waals surface area contributed by atoms with Crippen molar-refractivity contribution in [3.63, 3.8) is 0 Å². The van der Waals surface area contributed by atoms with Gasteiger partial charge in [-0.3, -0.25) is 0 Å². The van der Waals surface area contributed by atoms with Crippen LogP contribution in [0.1, 0.15) is 51.2 Å². The lowest BCUT2D eigenvalue weighted by Crippen LogP contribution is -2.14. The number of unbranched alkanes of at least 4 members (excludes halogenated alkanes) is 2. The van der Waals surface area contributed by atoms with E-state index in [1.165, 1.54) is 11.1 Å². The van der Waals surface area contributed by atoms with Crippen molar-refractivity contribution < 1.29 is 4.74 Å². The summed E-state index contributed by atoms with van der Waals surface area (Å²) >= 11 is 0. The average molecular weight is 249 g/mol. The molecule has 0 bridgehead atoms. The van der Waals surface area contributed by atoms with Crippen molar-refractivity contribution in [1.29, 1.82) is 0 Å². The molecule has 0 fully saturated rings. The molecule has 2 heteroatoms. The molecule has 0 saturated carbocycles. The third kappa shape index (κ3) is 4.69. The second kappa shape index (κ2) is 6.79. The molecule has 0 aliphatic heterocycles. The van der Waals surface area contributed by atoms with Gasteiger partial charge in [0, 0.05) is 0 Å². The van der Waals surface area contributed by atoms with Gasteiger partial charge in [0.05, 0.1) is 6.61 Å². The molecule has 18 heavy (non-hydrogen) atoms. The molecule has 0 aliphatic rings. The summed E-state index contributed by atoms with van der Waals surface area (Å²) in [6.07, 6.45) is 3.31. The molecule has 1 aromatic carbocycles. The fourth-order valence-electron chi connectivity index (χ4n) is 1.97. The summed E-state index contributed by atoms with van der Waals surface area (Å²) < 4.78 is 5.95. The quantitative estimate of drug-likeness (QED) is 0.778. The van der Waals surface area contributed by atoms with Gasteiger partial charge in [-0.25, -0.2) is 0 Å². The summed E-state index contributed by atoms with van der Waals surface area (Å²) in [6, 6.07) is 6.48. The molecule has 0 spiro atoms. The highest BCUT2D eigenvalue weighted by atomic mass is 16.5. The maximum atomic E-state index is 5.95. The first-order chi connectivity index (χ1) is 8.45. The van der Waals surface area contributed by atoms with Crippen molar-refractivity contribution in [1.82, 2.24) is 0 Å². The van der Waals surface area contributed by atoms with Crippen LogP contribution in [0.3, 0.4) is 0 Å². The lowest BCUT2D eigenvalue weighted by molar-refractivity contribution is 0.297. The largest absolute Gasteiger partial charge is 0.493 e. The summed E-state index contributed by atoms with van der Waals surface area (Å²) in [7, 11) is 0. The molecule has 0 aromatic heterocycles. The maximum Gasteiger partial charge on any atom is 0.123 e. The lowest BCUT2D eigenvalue weighted by atomic mass is 9.86. The summed E-state index contributed by atoms with van der Waals surface area (Å²) in [5.74, 6) is 1.04. The van der Waals surface area contributed by atoms with Crippen molar-refractivity contribution in [2.75, 3.05) is 13.2 Å². The molecule has 2 N–H and O–H groups in total. The monoisotopic (exact) mass is 249 g/mol. The van der Waals surface area contributed by atoms with Crippen molar-refractivity contribution >= 4 is 0 Å². The first-order valence-electron chi connectivity index (χ1n) is 6.89. The van der Waals surface area contributed by atoms with Crippen LogP contribution in [0.25, 0.3) is 0 Å². The molecule has 0 unspecified atom stereocenters. The Morgan fingerprint density at radius 3 is 2.44 bits per heavy atom. The number of rotatable bonds is 6. The molecule has 0 aliphatic carbocycles. The Morgan fingerprint density at radius 2 is 1.83 bits per heavy atom. The average Bonchev–Trinajstić information content (AvgIpc) is 2.27. The van der Waals surface area contributed by atoms with Gasteiger partial charge in [-0.05, 0) is 55.3 Å². The highest BCUT2D eigenvalue weighted by molar-refractivity contribution is 5.41. The fraction of sp³-hybridized carbons (Fsp3) is 0.625. The second-order valence-corrected chi connectivity index (χ2v) is 5.95. The standard InChI is InChI=1S/C16H27NO/c1-13-8-9-14(16(2,3)4)15(12-13)18-11-7-5-6-10-17/h8-9,12H,5-7,10-11,17H2,1-4H3. The second-order valence-electron chi connectivity index (χ2n) is 5.95. The van der Waals surface area contributed by atoms with E-state index in [-0.39, 0.29) is 5.41 Å². The Morgan fingerprint density at radius 1 is 1.11 bits per heavy atom. The van der Waals surface area contributed by atoms with E-state index in [2.05, 4.69) is 45.9 Å². The zero-order valence-electron chi connectivity index (χ0n) is 12.3. The predicted octanol–water partition coefficient (Wildman–Crippen LogP) is 3.80. The highest BCUT2D eigenvalue weighted by Crippen LogP contribution is 2.32. The summed E-state index contributed by atoms with van der Waals surface area (Å²) in [5.41, 5.74) is 8.14. The van der Waals surface area contributed by atoms with E-state index >= 15 is 0 Å². The molecule has 0 radical (unpaired) electrons. The van der Waals surface area contributed by atoms with Gasteiger partial charge in [0.15, 0.2) is 0 Å². The third-order valence-corrected chi connectivity index (χ3v) is 3.05. The van der Waals surface area contributed by atoms with Crippen LogP contribution in [-0.4, -0.2) is 13.2 Å². The normalized spacial score (nSPS) is 11.6. The van der Waals surface area contributed by atoms with E-state index in [1.54, 1.807) is 0 Å². The van der Waals surface area contributed by atoms with Gasteiger partial charge in [0.2, 0.25) is 0 Å². The van der Waals surface area contributed by atoms with Crippen LogP contribution >= 0.6 is 0 Å². The van der Waals surface area contributed by atoms with E-state index in [9.17, 15) is 0 Å². The minimum atomic E-state index is 0.125. The summed E-state index contributed by atoms with van der Waals surface area (Å²) in [6.45, 7) is 10.3. The molecular weight excluding hydrogens is 222 g/mol. The molecule has 1 rings (SSSR count). The van der Waals surface area contributed by atoms with Gasteiger partial charge in [-0.2, -0.15) is 0 Å². The Hall–Kier alpha value is -1.02. The molecule has 2 nitrogen and oxygen atoms in total. The smallest absolute Gasteiger partial charge is 0.123 e. The number of hydrogen-bond donors (Lipinski definition) is 1. The molecule has 1 aromatic rings. The third-order valence-electron chi connectivity index (χ3n) is 3.05. The van der Waals surface area contributed by atoms with Crippen LogP contribution in [0.4, 0.5) is 0 Å². The van der Waals surface area contributed by atoms with Crippen LogP contribution in [0.2, 0.25) is 0 Å². The predicted molar refractivity (Wildman–Crippen MR) is 78.3 cm³/mol. The minimum Gasteiger partial charge on any atom is -0.493 e. The SMILES string of the molecule is Cc1ccc(C(C)(C)C)c(OCCCCCN)c1. The number of benzene rings is 1. The maximum absolute atomic E-state index is 5.95. The van der Waals surface area contributed by atoms with Gasteiger partial charge in [0.1, 0.15) is 5.75 Å². The van der Waals surface area contributed by atoms with E-state index in [0.29, 0.717) is 0 Å². The number of aryl methyl sites for hydroxylation is 1. The summed E-state index contributed by atoms with van der Waals surface area (Å²) in [4.78, 5) is 0. The minimum absolute atomic E-state index is 0.125. The van der Waals surface area contributed by atoms with Crippen molar-refractivity contribution in [2.45, 2.75) is 52.4 Å². The summed E-state index contributed by atoms with van der Waals surface area (Å²) in [5, 5.41) is 0. The topological polar surface area (TPSA) is 35.2 Å². The Balaban J connectivity index is 2.65. The van der Waals surface area contributed by atoms with Crippen LogP contribution in [0, 0.1) is 6.92 Å². The van der Waals surface area contributed by atoms with E-state index < -0.39 is 0 Å². The lowest BCUT2D eigenvalue weighted by Gasteiger charge is -2.23. The molecular formula is C16H27NO. The first kappa shape index (κ1) is 15.0. The van der Waals surface area contributed by atoms with Crippen molar-refractivity contribution in [3.05, 3.63) is 29.3 Å². The Bertz CT molecular complexity index is 366. The highest BCUT2D eigenvalue weighted by Gasteiger charge is 2.18. The van der Waals surface area contributed by atoms with E-state index in [0.717, 1.165) is 38.2 Å². The number of hydrogen-bond acceptors (Lipinski definition) is 2. The molecule has 0 atom stereocenters. The van der Waals surface area contributed by atoms with Crippen LogP contribution in [0.5, 0.6) is 5.75 Å². The van der Waals surface area contributed by atoms with Crippen LogP contribution in [-0.2, 0) is 5.41 Å². The Kier molecular flexibility index (Phi) is 5.67. The van der Waals surface area contributed by atoms with Gasteiger partial charge >= 0.3 is 0 Å². The number of nitrogens with two attached hydrogens (primary N) is 1. The molecule has 102 valence electrons. The van der Waals surface area contributed by atoms with Gasteiger partial charge < -0.3 is 10.5 Å². The fourth-order valence-corrected chi connectivity index (χ4v) is 1.97. The van der Waals surface area contributed by atoms with Gasteiger partial charge in [-0.15, -0.1) is 0 Å². The Labute approximate surface area is 112 Å². The van der Waals surface area contributed by atoms with E-state index in [4.69, 9.17) is 10.5 Å². The zero-order valence-corrected chi connectivity index (χ0v) is 12.3. The van der Waals surface area contributed by atoms with E-state index in [1.807, 2.05) is 0 Å². The van der Waals surface area contributed by atoms with Gasteiger partial charge in [-0.1, -0.05) is 32.9 Å². The van der Waals surface area contributed by atoms with Gasteiger partial charge in [0.25, 0.3) is 0 Å². The van der Waals surface area contributed by atoms with Crippen molar-refractivity contribution in [3.8, 4) is 5.75 Å². The molecule has 0 amide bonds. The molecule has 0 heterocycles. The van der Waals surface area contributed by atoms with Crippen molar-refractivity contribution in [2.24, 2.45) is 5.73 Å². The van der Waals surface area contributed by atoms with Crippen LogP contribution < -0.4 is 10.5 Å². The first-order valence-corrected chi connectivity index (χ1v) is 6.89. The number of ether oxygens (including phenoxy) is 1. The van der Waals surface area contributed by atoms with Crippen LogP contribution in [0.15, 0.2) is 18.2 Å². The zero-order chi connectivity index (χ0) is 13.6.